The van der Waals surface area contributed by atoms with Crippen LogP contribution in [-0.4, -0.2) is 36.6 Å². The van der Waals surface area contributed by atoms with Crippen LogP contribution < -0.4 is 16.4 Å². The number of nitrogens with zero attached hydrogens (tertiary/aromatic N) is 3. The van der Waals surface area contributed by atoms with E-state index < -0.39 is 0 Å². The van der Waals surface area contributed by atoms with E-state index in [4.69, 9.17) is 11.5 Å². The number of esters is 1. The number of nitrogens with two attached hydrogens (primary N) is 2. The number of hydrogen-bond acceptors (Lipinski definition) is 7. The van der Waals surface area contributed by atoms with Gasteiger partial charge in [-0.1, -0.05) is 0 Å². The van der Waals surface area contributed by atoms with Gasteiger partial charge in [0.15, 0.2) is 0 Å². The Labute approximate surface area is 99.8 Å². The highest BCUT2D eigenvalue weighted by molar-refractivity contribution is 5.69. The lowest BCUT2D eigenvalue weighted by atomic mass is 10.3. The smallest absolute Gasteiger partial charge is 0.305 e. The summed E-state index contributed by atoms with van der Waals surface area (Å²) in [5.41, 5.74) is 11.1. The Balaban J connectivity index is 2.52. The number of rotatable bonds is 5. The molecule has 1 aromatic heterocycles. The first kappa shape index (κ1) is 13.0. The van der Waals surface area contributed by atoms with Crippen molar-refractivity contribution in [2.45, 2.75) is 12.8 Å². The number of carbonyl (C=O) groups excluding carboxylic acids is 1. The summed E-state index contributed by atoms with van der Waals surface area (Å²) >= 11 is 0. The number of ether oxygens (including phenoxy) is 1. The summed E-state index contributed by atoms with van der Waals surface area (Å²) < 4.78 is 4.55. The van der Waals surface area contributed by atoms with Gasteiger partial charge in [0.1, 0.15) is 11.6 Å². The van der Waals surface area contributed by atoms with Crippen LogP contribution in [0.25, 0.3) is 0 Å². The molecule has 0 unspecified atom stereocenters. The monoisotopic (exact) mass is 239 g/mol. The minimum Gasteiger partial charge on any atom is -0.469 e. The molecule has 0 radical (unpaired) electrons. The van der Waals surface area contributed by atoms with Crippen LogP contribution in [0.2, 0.25) is 0 Å². The first-order valence-corrected chi connectivity index (χ1v) is 5.21. The lowest BCUT2D eigenvalue weighted by Gasteiger charge is -2.18. The molecule has 0 spiro atoms. The second-order valence-corrected chi connectivity index (χ2v) is 3.61. The quantitative estimate of drug-likeness (QED) is 0.698. The van der Waals surface area contributed by atoms with E-state index in [1.54, 1.807) is 6.07 Å². The Morgan fingerprint density at radius 2 is 2.18 bits per heavy atom. The summed E-state index contributed by atoms with van der Waals surface area (Å²) in [7, 11) is 3.22. The maximum atomic E-state index is 10.9. The molecule has 0 saturated carbocycles. The van der Waals surface area contributed by atoms with Gasteiger partial charge in [-0.2, -0.15) is 9.97 Å². The van der Waals surface area contributed by atoms with E-state index in [0.717, 1.165) is 0 Å². The maximum Gasteiger partial charge on any atom is 0.305 e. The van der Waals surface area contributed by atoms with Crippen molar-refractivity contribution in [1.82, 2.24) is 9.97 Å². The van der Waals surface area contributed by atoms with Gasteiger partial charge in [-0.25, -0.2) is 0 Å². The molecule has 1 heterocycles. The van der Waals surface area contributed by atoms with Gasteiger partial charge in [0.05, 0.1) is 7.11 Å². The Hall–Kier alpha value is -2.05. The third-order valence-electron chi connectivity index (χ3n) is 2.24. The number of nitrogen functional groups attached to an aromatic ring is 2. The molecule has 0 amide bonds. The molecule has 17 heavy (non-hydrogen) atoms. The Bertz CT molecular complexity index is 376. The molecular formula is C10H17N5O2. The molecule has 0 atom stereocenters. The first-order valence-electron chi connectivity index (χ1n) is 5.21. The lowest BCUT2D eigenvalue weighted by Crippen LogP contribution is -2.21. The van der Waals surface area contributed by atoms with Gasteiger partial charge in [0.2, 0.25) is 5.95 Å². The predicted octanol–water partition coefficient (Wildman–Crippen LogP) is 0.0304. The summed E-state index contributed by atoms with van der Waals surface area (Å²) in [6.07, 6.45) is 1.05. The van der Waals surface area contributed by atoms with Crippen LogP contribution in [0.4, 0.5) is 17.6 Å². The molecule has 0 aliphatic carbocycles. The summed E-state index contributed by atoms with van der Waals surface area (Å²) in [6.45, 7) is 0.658. The fourth-order valence-corrected chi connectivity index (χ4v) is 1.34. The van der Waals surface area contributed by atoms with E-state index in [2.05, 4.69) is 14.7 Å². The summed E-state index contributed by atoms with van der Waals surface area (Å²) in [5.74, 6) is 0.882. The van der Waals surface area contributed by atoms with Crippen molar-refractivity contribution in [3.05, 3.63) is 6.07 Å². The Morgan fingerprint density at radius 1 is 1.47 bits per heavy atom. The van der Waals surface area contributed by atoms with Crippen molar-refractivity contribution in [3.8, 4) is 0 Å². The summed E-state index contributed by atoms with van der Waals surface area (Å²) in [4.78, 5) is 20.6. The van der Waals surface area contributed by atoms with Crippen molar-refractivity contribution < 1.29 is 9.53 Å². The number of hydrogen-bond donors (Lipinski definition) is 2. The zero-order valence-electron chi connectivity index (χ0n) is 10.0. The second kappa shape index (κ2) is 5.88. The van der Waals surface area contributed by atoms with Crippen molar-refractivity contribution in [3.63, 3.8) is 0 Å². The Morgan fingerprint density at radius 3 is 2.76 bits per heavy atom. The van der Waals surface area contributed by atoms with Gasteiger partial charge in [-0.05, 0) is 6.42 Å². The van der Waals surface area contributed by atoms with Crippen molar-refractivity contribution >= 4 is 23.6 Å². The lowest BCUT2D eigenvalue weighted by molar-refractivity contribution is -0.140. The molecule has 4 N–H and O–H groups in total. The topological polar surface area (TPSA) is 107 Å². The highest BCUT2D eigenvalue weighted by Crippen LogP contribution is 2.13. The van der Waals surface area contributed by atoms with Crippen molar-refractivity contribution in [1.29, 1.82) is 0 Å². The molecule has 0 saturated heterocycles. The number of carbonyl (C=O) groups is 1. The van der Waals surface area contributed by atoms with E-state index in [1.807, 2.05) is 11.9 Å². The highest BCUT2D eigenvalue weighted by atomic mass is 16.5. The van der Waals surface area contributed by atoms with Gasteiger partial charge in [0, 0.05) is 26.1 Å². The van der Waals surface area contributed by atoms with Gasteiger partial charge in [-0.3, -0.25) is 4.79 Å². The van der Waals surface area contributed by atoms with Gasteiger partial charge >= 0.3 is 5.97 Å². The molecule has 94 valence electrons. The van der Waals surface area contributed by atoms with Gasteiger partial charge < -0.3 is 21.1 Å². The molecule has 0 aromatic carbocycles. The number of aromatic nitrogens is 2. The molecule has 0 aliphatic rings. The number of methoxy groups -OCH3 is 1. The third-order valence-corrected chi connectivity index (χ3v) is 2.24. The minimum absolute atomic E-state index is 0.139. The van der Waals surface area contributed by atoms with E-state index >= 15 is 0 Å². The summed E-state index contributed by atoms with van der Waals surface area (Å²) in [5, 5.41) is 0. The van der Waals surface area contributed by atoms with Crippen molar-refractivity contribution in [2.75, 3.05) is 37.1 Å². The Kier molecular flexibility index (Phi) is 4.50. The number of anilines is 3. The van der Waals surface area contributed by atoms with Crippen molar-refractivity contribution in [2.24, 2.45) is 0 Å². The molecular weight excluding hydrogens is 222 g/mol. The maximum absolute atomic E-state index is 10.9. The fourth-order valence-electron chi connectivity index (χ4n) is 1.34. The standard InChI is InChI=1S/C10H17N5O2/c1-15(5-3-4-9(16)17-2)8-6-7(11)13-10(12)14-8/h6H,3-5H2,1-2H3,(H4,11,12,13,14). The molecule has 0 fully saturated rings. The third kappa shape index (κ3) is 4.13. The zero-order chi connectivity index (χ0) is 12.8. The normalized spacial score (nSPS) is 10.0. The van der Waals surface area contributed by atoms with E-state index in [1.165, 1.54) is 7.11 Å². The predicted molar refractivity (Wildman–Crippen MR) is 65.4 cm³/mol. The van der Waals surface area contributed by atoms with Crippen LogP contribution in [0.15, 0.2) is 6.07 Å². The van der Waals surface area contributed by atoms with Crippen LogP contribution in [0.5, 0.6) is 0 Å². The van der Waals surface area contributed by atoms with Crippen LogP contribution >= 0.6 is 0 Å². The first-order chi connectivity index (χ1) is 8.02. The van der Waals surface area contributed by atoms with Crippen LogP contribution in [0.3, 0.4) is 0 Å². The fraction of sp³-hybridized carbons (Fsp3) is 0.500. The van der Waals surface area contributed by atoms with Gasteiger partial charge in [0.25, 0.3) is 0 Å². The molecule has 7 heteroatoms. The highest BCUT2D eigenvalue weighted by Gasteiger charge is 2.07. The summed E-state index contributed by atoms with van der Waals surface area (Å²) in [6, 6.07) is 1.63. The molecule has 1 aromatic rings. The van der Waals surface area contributed by atoms with E-state index in [9.17, 15) is 4.79 Å². The minimum atomic E-state index is -0.222. The molecule has 0 aliphatic heterocycles. The van der Waals surface area contributed by atoms with Crippen LogP contribution in [0.1, 0.15) is 12.8 Å². The van der Waals surface area contributed by atoms with E-state index in [-0.39, 0.29) is 11.9 Å². The molecule has 7 nitrogen and oxygen atoms in total. The SMILES string of the molecule is COC(=O)CCCN(C)c1cc(N)nc(N)n1. The average molecular weight is 239 g/mol. The molecule has 0 bridgehead atoms. The van der Waals surface area contributed by atoms with Crippen LogP contribution in [0, 0.1) is 0 Å². The largest absolute Gasteiger partial charge is 0.469 e. The second-order valence-electron chi connectivity index (χ2n) is 3.61. The average Bonchev–Trinajstić information content (AvgIpc) is 2.27. The van der Waals surface area contributed by atoms with Gasteiger partial charge in [-0.15, -0.1) is 0 Å². The zero-order valence-corrected chi connectivity index (χ0v) is 10.0. The van der Waals surface area contributed by atoms with Crippen LogP contribution in [-0.2, 0) is 9.53 Å². The molecule has 1 rings (SSSR count). The van der Waals surface area contributed by atoms with E-state index in [0.29, 0.717) is 31.0 Å².